The molecule has 8 bridgehead atoms. The Morgan fingerprint density at radius 3 is 1.23 bits per heavy atom. The van der Waals surface area contributed by atoms with Gasteiger partial charge in [-0.15, -0.1) is 9.90 Å². The number of hydrogen-bond acceptors (Lipinski definition) is 26. The van der Waals surface area contributed by atoms with Crippen LogP contribution in [0.1, 0.15) is 148 Å². The molecule has 8 fully saturated rings. The fourth-order valence-corrected chi connectivity index (χ4v) is 17.7. The summed E-state index contributed by atoms with van der Waals surface area (Å²) in [6.07, 6.45) is 32.9. The van der Waals surface area contributed by atoms with Crippen LogP contribution in [-0.4, -0.2) is 218 Å². The fourth-order valence-electron chi connectivity index (χ4n) is 17.7. The first-order chi connectivity index (χ1) is 58.6. The Hall–Kier alpha value is -13.5. The number of aryl methyl sites for hydroxylation is 6. The van der Waals surface area contributed by atoms with E-state index < -0.39 is 5.82 Å². The summed E-state index contributed by atoms with van der Waals surface area (Å²) in [5.74, 6) is 1.86. The van der Waals surface area contributed by atoms with E-state index in [-0.39, 0.29) is 89.2 Å². The van der Waals surface area contributed by atoms with Crippen molar-refractivity contribution in [3.63, 3.8) is 0 Å². The predicted octanol–water partition coefficient (Wildman–Crippen LogP) is 10.3. The number of carbonyl (C=O) groups excluding carboxylic acids is 4. The van der Waals surface area contributed by atoms with Crippen LogP contribution in [0.5, 0.6) is 23.9 Å². The number of likely N-dealkylation sites (tertiary alicyclic amines) is 4. The van der Waals surface area contributed by atoms with Crippen LogP contribution in [-0.2, 0) is 19.3 Å². The maximum atomic E-state index is 14.7. The molecule has 4 aliphatic heterocycles. The van der Waals surface area contributed by atoms with E-state index in [1.807, 2.05) is 103 Å². The number of carbonyl (C=O) groups is 4. The van der Waals surface area contributed by atoms with Gasteiger partial charge < -0.3 is 38.5 Å². The van der Waals surface area contributed by atoms with Gasteiger partial charge in [0.25, 0.3) is 23.6 Å². The second kappa shape index (κ2) is 35.0. The molecular formula is C87H89FN24O8. The van der Waals surface area contributed by atoms with Gasteiger partial charge in [0.2, 0.25) is 5.88 Å². The third-order valence-corrected chi connectivity index (χ3v) is 23.5. The van der Waals surface area contributed by atoms with Crippen molar-refractivity contribution < 1.29 is 42.5 Å². The molecule has 8 aliphatic rings. The third-order valence-electron chi connectivity index (χ3n) is 23.5. The number of fused-ring (bicyclic) bond motifs is 8. The Morgan fingerprint density at radius 1 is 0.375 bits per heavy atom. The van der Waals surface area contributed by atoms with Gasteiger partial charge >= 0.3 is 18.0 Å². The molecule has 12 atom stereocenters. The van der Waals surface area contributed by atoms with Crippen molar-refractivity contribution in [3.8, 4) is 58.1 Å². The normalized spacial score (nSPS) is 22.4. The molecule has 33 heteroatoms. The average molecular weight is 1620 g/mol. The summed E-state index contributed by atoms with van der Waals surface area (Å²) in [5, 5.41) is 24.9. The van der Waals surface area contributed by atoms with Crippen LogP contribution in [0.15, 0.2) is 178 Å². The largest absolute Gasteiger partial charge is 0.471 e. The van der Waals surface area contributed by atoms with E-state index in [9.17, 15) is 23.6 Å². The number of para-hydroxylation sites is 1. The lowest BCUT2D eigenvalue weighted by atomic mass is 10.0. The minimum atomic E-state index is -0.515. The van der Waals surface area contributed by atoms with Crippen LogP contribution in [0, 0.1) is 50.3 Å². The minimum absolute atomic E-state index is 0.0105. The maximum absolute atomic E-state index is 14.7. The van der Waals surface area contributed by atoms with Crippen LogP contribution in [0.3, 0.4) is 0 Å². The molecule has 4 aliphatic carbocycles. The van der Waals surface area contributed by atoms with E-state index in [2.05, 4.69) is 104 Å². The zero-order valence-corrected chi connectivity index (χ0v) is 67.2. The van der Waals surface area contributed by atoms with E-state index in [4.69, 9.17) is 18.9 Å². The van der Waals surface area contributed by atoms with Gasteiger partial charge in [-0.3, -0.25) is 19.2 Å². The zero-order valence-electron chi connectivity index (χ0n) is 67.2. The lowest BCUT2D eigenvalue weighted by Crippen LogP contribution is -2.47. The summed E-state index contributed by atoms with van der Waals surface area (Å²) in [6, 6.07) is 27.5. The number of nitrogens with zero attached hydrogens (tertiary/aromatic N) is 24. The second-order valence-electron chi connectivity index (χ2n) is 31.4. The number of piperidine rings is 4. The Balaban J connectivity index is 0.000000114. The standard InChI is InChI=1S/C23H22FN5O2.C23H24N6O2.C21H23N7O2.C20H20N6O2/c1-2-14-11-27-23(28-12-14)31-19-10-15-9-18(19)29(13-15)22(30)16-5-3-6-17(24)20(16)21-25-7-4-8-26-21;1-3-15-11-26-23(27-12-15)31-19-10-16-9-18(19)29(13-16)22(30)20-17(6-5-14(2)28-20)21-24-7-4-8-25-21;1-3-14-10-22-21(23-11-14)30-18-9-15-8-17(18)27(12-15)20(29)19-16(5-4-13(2)26-19)28-24-6-7-25-28;1-13-6-7-19(24-23-13)28-18-11-14-10-17(18)25(12-14)20(27)15-4-2-3-5-16(15)26-21-8-9-22-26/h3-8,11-12,15,18-19H,2,9-10,13H2,1H3;4-8,11-12,16,18-19H,3,9-10,13H2,1-2H3;4-7,10-11,15,17-18H,3,8-9,12H2,1-2H3;2-9,14,17-18H,10-12H2,1H3. The van der Waals surface area contributed by atoms with Gasteiger partial charge in [0.05, 0.1) is 82.6 Å². The number of benzene rings is 2. The highest BCUT2D eigenvalue weighted by Gasteiger charge is 2.53. The van der Waals surface area contributed by atoms with Gasteiger partial charge in [-0.2, -0.15) is 30.3 Å². The monoisotopic (exact) mass is 1620 g/mol. The molecule has 4 saturated carbocycles. The number of amides is 4. The molecule has 4 amide bonds. The number of aromatic nitrogens is 20. The van der Waals surface area contributed by atoms with Crippen molar-refractivity contribution in [2.45, 2.75) is 161 Å². The Morgan fingerprint density at radius 2 is 0.775 bits per heavy atom. The summed E-state index contributed by atoms with van der Waals surface area (Å²) in [5.41, 5.74) is 9.23. The minimum Gasteiger partial charge on any atom is -0.471 e. The highest BCUT2D eigenvalue weighted by molar-refractivity contribution is 6.01. The Kier molecular flexibility index (Phi) is 23.0. The maximum Gasteiger partial charge on any atom is 0.316 e. The van der Waals surface area contributed by atoms with Crippen molar-refractivity contribution >= 4 is 23.6 Å². The van der Waals surface area contributed by atoms with Crippen molar-refractivity contribution in [1.29, 1.82) is 0 Å². The van der Waals surface area contributed by atoms with Gasteiger partial charge in [0.1, 0.15) is 41.6 Å². The topological polar surface area (TPSA) is 360 Å². The molecule has 12 aromatic rings. The van der Waals surface area contributed by atoms with Gasteiger partial charge in [0.15, 0.2) is 17.3 Å². The molecule has 120 heavy (non-hydrogen) atoms. The van der Waals surface area contributed by atoms with E-state index in [0.29, 0.717) is 107 Å². The summed E-state index contributed by atoms with van der Waals surface area (Å²) >= 11 is 0. The van der Waals surface area contributed by atoms with Crippen molar-refractivity contribution in [2.75, 3.05) is 26.2 Å². The highest BCUT2D eigenvalue weighted by atomic mass is 19.1. The van der Waals surface area contributed by atoms with Crippen LogP contribution < -0.4 is 18.9 Å². The third kappa shape index (κ3) is 16.9. The molecule has 12 unspecified atom stereocenters. The number of rotatable bonds is 19. The molecule has 10 aromatic heterocycles. The zero-order chi connectivity index (χ0) is 82.5. The fraction of sp³-hybridized carbons (Fsp3) is 0.379. The quantitative estimate of drug-likeness (QED) is 0.0726. The first-order valence-corrected chi connectivity index (χ1v) is 40.8. The Labute approximate surface area is 690 Å². The van der Waals surface area contributed by atoms with Crippen LogP contribution >= 0.6 is 0 Å². The lowest BCUT2D eigenvalue weighted by Gasteiger charge is -2.33. The summed E-state index contributed by atoms with van der Waals surface area (Å²) in [4.78, 5) is 116. The number of hydrogen-bond donors (Lipinski definition) is 0. The number of halogens is 1. The van der Waals surface area contributed by atoms with E-state index in [1.165, 1.54) is 28.1 Å². The van der Waals surface area contributed by atoms with Crippen LogP contribution in [0.2, 0.25) is 0 Å². The van der Waals surface area contributed by atoms with Crippen LogP contribution in [0.4, 0.5) is 4.39 Å². The molecule has 0 spiro atoms. The van der Waals surface area contributed by atoms with Crippen molar-refractivity contribution in [2.24, 2.45) is 23.7 Å². The molecule has 612 valence electrons. The highest BCUT2D eigenvalue weighted by Crippen LogP contribution is 2.45. The smallest absolute Gasteiger partial charge is 0.316 e. The molecule has 32 nitrogen and oxygen atoms in total. The molecule has 14 heterocycles. The molecule has 0 radical (unpaired) electrons. The molecule has 20 rings (SSSR count). The molecule has 2 aromatic carbocycles. The lowest BCUT2D eigenvalue weighted by molar-refractivity contribution is 0.0445. The molecular weight excluding hydrogens is 1530 g/mol. The van der Waals surface area contributed by atoms with E-state index in [0.717, 1.165) is 111 Å². The van der Waals surface area contributed by atoms with E-state index in [1.54, 1.807) is 104 Å². The summed E-state index contributed by atoms with van der Waals surface area (Å²) < 4.78 is 39.0. The van der Waals surface area contributed by atoms with Gasteiger partial charge in [-0.05, 0) is 198 Å². The first kappa shape index (κ1) is 79.0. The van der Waals surface area contributed by atoms with Gasteiger partial charge in [0, 0.05) is 106 Å². The average Bonchev–Trinajstić information content (AvgIpc) is 1.62. The second-order valence-corrected chi connectivity index (χ2v) is 31.4. The van der Waals surface area contributed by atoms with Gasteiger partial charge in [-0.1, -0.05) is 39.0 Å². The van der Waals surface area contributed by atoms with Crippen molar-refractivity contribution in [1.82, 2.24) is 120 Å². The predicted molar refractivity (Wildman–Crippen MR) is 432 cm³/mol. The number of ether oxygens (including phenoxy) is 4. The SMILES string of the molecule is CCc1cnc(OC2CC3CC2N(C(=O)c2cccc(F)c2-c2ncccn2)C3)nc1.CCc1cnc(OC2CC3CC2N(C(=O)c2nc(C)ccc2-c2ncccn2)C3)nc1.CCc1cnc(OC2CC3CC2N(C(=O)c2nc(C)ccc2-n2nccn2)C3)nc1.Cc1ccc(OC2CC3CC2N(C(=O)c2ccccc2-n2nccn2)C3)nn1. The van der Waals surface area contributed by atoms with Crippen LogP contribution in [0.25, 0.3) is 34.2 Å². The van der Waals surface area contributed by atoms with Crippen molar-refractivity contribution in [3.05, 3.63) is 240 Å². The summed E-state index contributed by atoms with van der Waals surface area (Å²) in [6.45, 7) is 14.6. The van der Waals surface area contributed by atoms with Gasteiger partial charge in [-0.25, -0.2) is 64.2 Å². The summed E-state index contributed by atoms with van der Waals surface area (Å²) in [7, 11) is 0. The first-order valence-electron chi connectivity index (χ1n) is 40.8. The molecule has 0 N–H and O–H groups in total. The van der Waals surface area contributed by atoms with E-state index >= 15 is 0 Å². The molecule has 4 saturated heterocycles. The Bertz CT molecular complexity index is 5510. The number of pyridine rings is 2.